The SMILES string of the molecule is Cc1cc(C)c(B(c2ccc(C34CC5CC(C3)CC(c3ccc(N(c6ccc(-c7ccccc7)cc6)c6ccc(-c7ccccc7)cc6)cc3)(C5)C4)cc2)c2c(C)cc(C)cc2C)c(C)c1. The van der Waals surface area contributed by atoms with Gasteiger partial charge < -0.3 is 4.90 Å². The minimum atomic E-state index is 0.199. The number of rotatable bonds is 10. The van der Waals surface area contributed by atoms with E-state index >= 15 is 0 Å². The van der Waals surface area contributed by atoms with Crippen molar-refractivity contribution in [3.8, 4) is 22.3 Å². The molecule has 8 aromatic carbocycles. The first kappa shape index (κ1) is 42.3. The molecule has 4 aliphatic carbocycles. The zero-order chi connectivity index (χ0) is 45.2. The Morgan fingerprint density at radius 3 is 1.11 bits per heavy atom. The van der Waals surface area contributed by atoms with Gasteiger partial charge in [0.05, 0.1) is 0 Å². The number of anilines is 3. The molecular weight excluding hydrogens is 794 g/mol. The third-order valence-corrected chi connectivity index (χ3v) is 16.2. The molecule has 0 spiro atoms. The standard InChI is InChI=1S/C64H62BN/c1-43-33-45(3)61(46(4)34-43)65(62-47(5)35-44(2)36-48(62)6)57-25-21-55(22-26-57)63-38-49-37-50(39-63)41-64(40-49,42-63)56-23-31-60(32-24-56)66(58-27-17-53(18-28-58)51-13-9-7-10-14-51)59-29-19-54(20-30-59)52-15-11-8-12-16-52/h7-36,49-50H,37-42H2,1-6H3. The van der Waals surface area contributed by atoms with E-state index in [1.807, 2.05) is 0 Å². The van der Waals surface area contributed by atoms with Crippen LogP contribution < -0.4 is 21.3 Å². The summed E-state index contributed by atoms with van der Waals surface area (Å²) in [5.41, 5.74) is 24.6. The molecule has 2 heteroatoms. The van der Waals surface area contributed by atoms with Gasteiger partial charge in [-0.05, 0) is 173 Å². The van der Waals surface area contributed by atoms with Crippen LogP contribution in [0.5, 0.6) is 0 Å². The van der Waals surface area contributed by atoms with Crippen molar-refractivity contribution in [2.24, 2.45) is 11.8 Å². The van der Waals surface area contributed by atoms with Crippen molar-refractivity contribution < 1.29 is 0 Å². The molecule has 0 aliphatic heterocycles. The molecule has 0 heterocycles. The lowest BCUT2D eigenvalue weighted by atomic mass is 9.34. The summed E-state index contributed by atoms with van der Waals surface area (Å²) in [7, 11) is 0. The van der Waals surface area contributed by atoms with Gasteiger partial charge in [0.25, 0.3) is 0 Å². The first-order valence-corrected chi connectivity index (χ1v) is 24.5. The van der Waals surface area contributed by atoms with Crippen LogP contribution in [0.1, 0.15) is 83.0 Å². The van der Waals surface area contributed by atoms with Crippen LogP contribution in [0.15, 0.2) is 182 Å². The predicted molar refractivity (Wildman–Crippen MR) is 282 cm³/mol. The highest BCUT2D eigenvalue weighted by Gasteiger charge is 2.58. The van der Waals surface area contributed by atoms with E-state index in [0.717, 1.165) is 23.2 Å². The Balaban J connectivity index is 0.927. The fraction of sp³-hybridized carbons (Fsp3) is 0.250. The van der Waals surface area contributed by atoms with Gasteiger partial charge in [-0.25, -0.2) is 0 Å². The molecule has 12 rings (SSSR count). The van der Waals surface area contributed by atoms with Gasteiger partial charge in [0.15, 0.2) is 0 Å². The third kappa shape index (κ3) is 7.63. The molecule has 4 saturated carbocycles. The van der Waals surface area contributed by atoms with Gasteiger partial charge in [-0.15, -0.1) is 0 Å². The van der Waals surface area contributed by atoms with Gasteiger partial charge >= 0.3 is 0 Å². The summed E-state index contributed by atoms with van der Waals surface area (Å²) in [6.07, 6.45) is 7.91. The van der Waals surface area contributed by atoms with E-state index in [1.54, 1.807) is 5.56 Å². The normalized spacial score (nSPS) is 20.6. The highest BCUT2D eigenvalue weighted by molar-refractivity contribution is 6.96. The Kier molecular flexibility index (Phi) is 10.8. The van der Waals surface area contributed by atoms with E-state index in [-0.39, 0.29) is 17.5 Å². The molecule has 2 atom stereocenters. The second-order valence-corrected chi connectivity index (χ2v) is 20.9. The molecule has 1 nitrogen and oxygen atoms in total. The maximum Gasteiger partial charge on any atom is 0.242 e. The van der Waals surface area contributed by atoms with Gasteiger partial charge in [-0.3, -0.25) is 0 Å². The number of nitrogens with zero attached hydrogens (tertiary/aromatic N) is 1. The lowest BCUT2D eigenvalue weighted by Crippen LogP contribution is -2.57. The van der Waals surface area contributed by atoms with Crippen LogP contribution in [0.4, 0.5) is 17.1 Å². The van der Waals surface area contributed by atoms with Crippen molar-refractivity contribution >= 4 is 40.2 Å². The topological polar surface area (TPSA) is 3.24 Å². The van der Waals surface area contributed by atoms with Crippen LogP contribution in [0.3, 0.4) is 0 Å². The monoisotopic (exact) mass is 855 g/mol. The van der Waals surface area contributed by atoms with Crippen molar-refractivity contribution in [3.05, 3.63) is 226 Å². The predicted octanol–water partition coefficient (Wildman–Crippen LogP) is 14.6. The maximum atomic E-state index is 2.56. The lowest BCUT2D eigenvalue weighted by molar-refractivity contribution is -0.0281. The Morgan fingerprint density at radius 1 is 0.394 bits per heavy atom. The van der Waals surface area contributed by atoms with Gasteiger partial charge in [0.2, 0.25) is 6.71 Å². The molecule has 0 radical (unpaired) electrons. The number of hydrogen-bond donors (Lipinski definition) is 0. The molecular formula is C64H62BN. The van der Waals surface area contributed by atoms with Gasteiger partial charge in [0, 0.05) is 17.1 Å². The minimum absolute atomic E-state index is 0.199. The van der Waals surface area contributed by atoms with Crippen LogP contribution in [-0.4, -0.2) is 6.71 Å². The van der Waals surface area contributed by atoms with E-state index < -0.39 is 0 Å². The van der Waals surface area contributed by atoms with E-state index in [2.05, 4.69) is 228 Å². The average molecular weight is 856 g/mol. The molecule has 2 unspecified atom stereocenters. The molecule has 4 bridgehead atoms. The summed E-state index contributed by atoms with van der Waals surface area (Å²) < 4.78 is 0. The molecule has 326 valence electrons. The van der Waals surface area contributed by atoms with Crippen LogP contribution in [0.2, 0.25) is 0 Å². The quantitative estimate of drug-likeness (QED) is 0.124. The van der Waals surface area contributed by atoms with E-state index in [1.165, 1.54) is 122 Å². The summed E-state index contributed by atoms with van der Waals surface area (Å²) in [6, 6.07) is 69.1. The van der Waals surface area contributed by atoms with E-state index in [0.29, 0.717) is 0 Å². The number of hydrogen-bond acceptors (Lipinski definition) is 1. The Bertz CT molecular complexity index is 2820. The van der Waals surface area contributed by atoms with Crippen molar-refractivity contribution in [1.29, 1.82) is 0 Å². The molecule has 8 aromatic rings. The van der Waals surface area contributed by atoms with Crippen LogP contribution in [0.25, 0.3) is 22.3 Å². The summed E-state index contributed by atoms with van der Waals surface area (Å²) in [4.78, 5) is 2.43. The van der Waals surface area contributed by atoms with E-state index in [4.69, 9.17) is 0 Å². The maximum absolute atomic E-state index is 2.56. The van der Waals surface area contributed by atoms with Crippen molar-refractivity contribution in [1.82, 2.24) is 0 Å². The zero-order valence-corrected chi connectivity index (χ0v) is 39.7. The molecule has 0 aromatic heterocycles. The largest absolute Gasteiger partial charge is 0.311 e. The zero-order valence-electron chi connectivity index (χ0n) is 39.7. The van der Waals surface area contributed by atoms with Gasteiger partial charge in [0.1, 0.15) is 0 Å². The highest BCUT2D eigenvalue weighted by Crippen LogP contribution is 2.66. The van der Waals surface area contributed by atoms with Crippen LogP contribution in [-0.2, 0) is 10.8 Å². The fourth-order valence-corrected chi connectivity index (χ4v) is 14.0. The molecule has 4 fully saturated rings. The first-order chi connectivity index (χ1) is 32.0. The molecule has 0 amide bonds. The van der Waals surface area contributed by atoms with Crippen molar-refractivity contribution in [2.45, 2.75) is 90.9 Å². The second-order valence-electron chi connectivity index (χ2n) is 20.9. The lowest BCUT2D eigenvalue weighted by Gasteiger charge is -2.63. The van der Waals surface area contributed by atoms with Crippen molar-refractivity contribution in [2.75, 3.05) is 4.90 Å². The summed E-state index contributed by atoms with van der Waals surface area (Å²) >= 11 is 0. The third-order valence-electron chi connectivity index (χ3n) is 16.2. The molecule has 0 N–H and O–H groups in total. The van der Waals surface area contributed by atoms with Gasteiger partial charge in [-0.2, -0.15) is 0 Å². The van der Waals surface area contributed by atoms with E-state index in [9.17, 15) is 0 Å². The fourth-order valence-electron chi connectivity index (χ4n) is 14.0. The Hall–Kier alpha value is -6.38. The van der Waals surface area contributed by atoms with Gasteiger partial charge in [-0.1, -0.05) is 195 Å². The first-order valence-electron chi connectivity index (χ1n) is 24.5. The van der Waals surface area contributed by atoms with Crippen LogP contribution in [0, 0.1) is 53.4 Å². The highest BCUT2D eigenvalue weighted by atomic mass is 15.1. The molecule has 4 aliphatic rings. The smallest absolute Gasteiger partial charge is 0.242 e. The molecule has 66 heavy (non-hydrogen) atoms. The number of aryl methyl sites for hydroxylation is 6. The summed E-state index contributed by atoms with van der Waals surface area (Å²) in [5.74, 6) is 1.55. The molecule has 0 saturated heterocycles. The van der Waals surface area contributed by atoms with Crippen LogP contribution >= 0.6 is 0 Å². The Labute approximate surface area is 394 Å². The second kappa shape index (κ2) is 16.8. The average Bonchev–Trinajstić information content (AvgIpc) is 3.31. The number of benzene rings is 8. The minimum Gasteiger partial charge on any atom is -0.311 e. The Morgan fingerprint density at radius 2 is 0.727 bits per heavy atom. The summed E-state index contributed by atoms with van der Waals surface area (Å²) in [5, 5.41) is 0. The van der Waals surface area contributed by atoms with Crippen molar-refractivity contribution in [3.63, 3.8) is 0 Å². The summed E-state index contributed by atoms with van der Waals surface area (Å²) in [6.45, 7) is 13.9.